The van der Waals surface area contributed by atoms with Crippen molar-refractivity contribution in [3.63, 3.8) is 0 Å². The van der Waals surface area contributed by atoms with Crippen LogP contribution in [-0.2, 0) is 32.9 Å². The summed E-state index contributed by atoms with van der Waals surface area (Å²) in [6.45, 7) is 3.29. The second-order valence-electron chi connectivity index (χ2n) is 18.2. The molecule has 11 nitrogen and oxygen atoms in total. The molecule has 6 aliphatic rings. The molecule has 2 amide bonds. The van der Waals surface area contributed by atoms with Crippen LogP contribution < -0.4 is 9.46 Å². The average Bonchev–Trinajstić information content (AvgIpc) is 3.77. The highest BCUT2D eigenvalue weighted by Gasteiger charge is 2.51. The third-order valence-electron chi connectivity index (χ3n) is 14.3. The van der Waals surface area contributed by atoms with Crippen LogP contribution in [0.1, 0.15) is 92.9 Å². The van der Waals surface area contributed by atoms with E-state index in [1.54, 1.807) is 7.11 Å². The normalized spacial score (nSPS) is 25.4. The number of nitrogens with zero attached hydrogens (tertiary/aromatic N) is 5. The maximum Gasteiger partial charge on any atom is 0.303 e. The summed E-state index contributed by atoms with van der Waals surface area (Å²) < 4.78 is 37.6. The number of hydrogen-bond donors (Lipinski definition) is 1. The molecule has 1 aromatic heterocycles. The summed E-state index contributed by atoms with van der Waals surface area (Å²) in [5.41, 5.74) is 7.84. The summed E-state index contributed by atoms with van der Waals surface area (Å²) in [7, 11) is 4.80. The molecule has 314 valence electrons. The van der Waals surface area contributed by atoms with E-state index in [1.165, 1.54) is 44.5 Å². The zero-order chi connectivity index (χ0) is 41.2. The lowest BCUT2D eigenvalue weighted by atomic mass is 9.75. The molecule has 4 atom stereocenters. The minimum Gasteiger partial charge on any atom is -0.496 e. The molecule has 2 saturated heterocycles. The van der Waals surface area contributed by atoms with E-state index in [2.05, 4.69) is 98.8 Å². The van der Waals surface area contributed by atoms with Crippen molar-refractivity contribution < 1.29 is 22.7 Å². The summed E-state index contributed by atoms with van der Waals surface area (Å²) in [6, 6.07) is 18.1. The van der Waals surface area contributed by atoms with Crippen LogP contribution in [0.2, 0.25) is 0 Å². The quantitative estimate of drug-likeness (QED) is 0.223. The van der Waals surface area contributed by atoms with E-state index in [0.717, 1.165) is 102 Å². The first-order valence-electron chi connectivity index (χ1n) is 21.8. The number of carbonyl (C=O) groups excluding carboxylic acids is 2. The fourth-order valence-electron chi connectivity index (χ4n) is 11.3. The first-order valence-corrected chi connectivity index (χ1v) is 23.2. The third kappa shape index (κ3) is 7.38. The van der Waals surface area contributed by atoms with Gasteiger partial charge in [-0.1, -0.05) is 67.8 Å². The number of nitrogens with one attached hydrogen (secondary N) is 1. The van der Waals surface area contributed by atoms with Crippen molar-refractivity contribution in [1.29, 1.82) is 0 Å². The maximum atomic E-state index is 15.5. The molecular weight excluding hydrogens is 761 g/mol. The van der Waals surface area contributed by atoms with E-state index >= 15 is 4.79 Å². The molecule has 1 saturated carbocycles. The number of aromatic nitrogens is 1. The minimum absolute atomic E-state index is 0.174. The smallest absolute Gasteiger partial charge is 0.303 e. The highest BCUT2D eigenvalue weighted by atomic mass is 32.2. The minimum atomic E-state index is -4.01. The molecule has 59 heavy (non-hydrogen) atoms. The van der Waals surface area contributed by atoms with Gasteiger partial charge in [0.25, 0.3) is 5.91 Å². The zero-order valence-corrected chi connectivity index (χ0v) is 36.1. The standard InChI is InChI=1S/C47H60N6O5S/c1-49(2)23-24-51(28-30-13-8-6-9-14-30)34-25-32-19-20-33(26-34)53(32)47(55)37-18-12-17-36-42(37)40-27-38-41(58-5)22-21-35(31-15-10-7-11-16-31)45(38)52(40)29-39-43(36)44(39)46(54)48-59(56,57)50(3)4/h6,8-9,12-14,17,21-22,27,31-34,37,42H,7,10-11,15-16,18-20,23-26,28-29H2,1-5H3,(H,48,54)/t32?,33?,34?,37-,42?/m1/s1. The van der Waals surface area contributed by atoms with Gasteiger partial charge in [-0.15, -0.1) is 0 Å². The van der Waals surface area contributed by atoms with Gasteiger partial charge < -0.3 is 19.1 Å². The Labute approximate surface area is 349 Å². The molecule has 3 fully saturated rings. The Bertz CT molecular complexity index is 2330. The summed E-state index contributed by atoms with van der Waals surface area (Å²) in [6.07, 6.45) is 14.6. The SMILES string of the molecule is COc1ccc(C2CCCCC2)c2c1cc1n2CC2=C(C(=O)NS(=O)(=O)N(C)C)C2=C2C=CC[C@@H](C(=O)N3C4CCC3CC(N(CCN(C)C)Cc3ccccc3)C4)C21. The van der Waals surface area contributed by atoms with Crippen LogP contribution in [0, 0.1) is 5.92 Å². The van der Waals surface area contributed by atoms with Gasteiger partial charge in [-0.25, -0.2) is 4.72 Å². The molecule has 3 aromatic rings. The maximum absolute atomic E-state index is 15.5. The van der Waals surface area contributed by atoms with Gasteiger partial charge in [-0.3, -0.25) is 14.5 Å². The molecule has 0 spiro atoms. The topological polar surface area (TPSA) is 107 Å². The van der Waals surface area contributed by atoms with Gasteiger partial charge in [0, 0.05) is 75.4 Å². The van der Waals surface area contributed by atoms with E-state index in [4.69, 9.17) is 4.74 Å². The van der Waals surface area contributed by atoms with Gasteiger partial charge in [-0.2, -0.15) is 12.7 Å². The largest absolute Gasteiger partial charge is 0.496 e. The van der Waals surface area contributed by atoms with Crippen LogP contribution in [0.5, 0.6) is 5.75 Å². The number of hydrogen-bond acceptors (Lipinski definition) is 7. The Morgan fingerprint density at radius 3 is 2.32 bits per heavy atom. The van der Waals surface area contributed by atoms with Crippen molar-refractivity contribution in [1.82, 2.24) is 28.3 Å². The number of fused-ring (bicyclic) bond motifs is 8. The second-order valence-corrected chi connectivity index (χ2v) is 20.1. The predicted octanol–water partition coefficient (Wildman–Crippen LogP) is 6.49. The lowest BCUT2D eigenvalue weighted by molar-refractivity contribution is -0.141. The number of benzene rings is 2. The lowest BCUT2D eigenvalue weighted by Gasteiger charge is -2.45. The van der Waals surface area contributed by atoms with Gasteiger partial charge >= 0.3 is 10.2 Å². The number of piperidine rings is 1. The molecule has 3 aliphatic heterocycles. The Hall–Kier alpha value is -4.23. The molecule has 2 aromatic carbocycles. The van der Waals surface area contributed by atoms with Crippen LogP contribution >= 0.6 is 0 Å². The Kier molecular flexibility index (Phi) is 10.9. The summed E-state index contributed by atoms with van der Waals surface area (Å²) >= 11 is 0. The molecule has 9 rings (SSSR count). The van der Waals surface area contributed by atoms with Gasteiger partial charge in [-0.05, 0) is 105 Å². The van der Waals surface area contributed by atoms with Gasteiger partial charge in [0.2, 0.25) is 5.91 Å². The second kappa shape index (κ2) is 16.0. The van der Waals surface area contributed by atoms with Crippen LogP contribution in [0.4, 0.5) is 0 Å². The van der Waals surface area contributed by atoms with Gasteiger partial charge in [0.1, 0.15) is 5.75 Å². The zero-order valence-electron chi connectivity index (χ0n) is 35.3. The average molecular weight is 821 g/mol. The molecule has 3 unspecified atom stereocenters. The highest BCUT2D eigenvalue weighted by Crippen LogP contribution is 2.56. The van der Waals surface area contributed by atoms with Crippen molar-refractivity contribution >= 4 is 32.9 Å². The summed E-state index contributed by atoms with van der Waals surface area (Å²) in [4.78, 5) is 36.5. The van der Waals surface area contributed by atoms with Crippen LogP contribution in [0.25, 0.3) is 10.9 Å². The van der Waals surface area contributed by atoms with E-state index in [1.807, 2.05) is 0 Å². The van der Waals surface area contributed by atoms with E-state index in [-0.39, 0.29) is 29.8 Å². The van der Waals surface area contributed by atoms with Crippen LogP contribution in [0.15, 0.2) is 83.0 Å². The van der Waals surface area contributed by atoms with Crippen LogP contribution in [0.3, 0.4) is 0 Å². The lowest BCUT2D eigenvalue weighted by Crippen LogP contribution is -2.55. The summed E-state index contributed by atoms with van der Waals surface area (Å²) in [5, 5.41) is 1.04. The van der Waals surface area contributed by atoms with Crippen molar-refractivity contribution in [2.24, 2.45) is 5.92 Å². The molecular formula is C47H60N6O5S. The first-order chi connectivity index (χ1) is 28.4. The molecule has 2 bridgehead atoms. The number of amides is 2. The number of likely N-dealkylation sites (N-methyl/N-ethyl adjacent to an activating group) is 1. The fourth-order valence-corrected chi connectivity index (χ4v) is 11.8. The number of methoxy groups -OCH3 is 1. The number of rotatable bonds is 12. The molecule has 4 heterocycles. The first kappa shape index (κ1) is 40.2. The number of ether oxygens (including phenoxy) is 1. The number of allylic oxidation sites excluding steroid dienone is 4. The van der Waals surface area contributed by atoms with E-state index in [9.17, 15) is 13.2 Å². The van der Waals surface area contributed by atoms with E-state index in [0.29, 0.717) is 30.5 Å². The Balaban J connectivity index is 1.09. The van der Waals surface area contributed by atoms with Gasteiger partial charge in [0.05, 0.1) is 24.1 Å². The molecule has 3 aliphatic carbocycles. The van der Waals surface area contributed by atoms with Crippen molar-refractivity contribution in [3.8, 4) is 5.75 Å². The summed E-state index contributed by atoms with van der Waals surface area (Å²) in [5.74, 6) is 0.128. The molecule has 0 radical (unpaired) electrons. The Morgan fingerprint density at radius 1 is 0.915 bits per heavy atom. The Morgan fingerprint density at radius 2 is 1.64 bits per heavy atom. The number of carbonyl (C=O) groups is 2. The third-order valence-corrected chi connectivity index (χ3v) is 15.7. The monoisotopic (exact) mass is 820 g/mol. The predicted molar refractivity (Wildman–Crippen MR) is 231 cm³/mol. The van der Waals surface area contributed by atoms with Crippen molar-refractivity contribution in [2.45, 2.75) is 107 Å². The van der Waals surface area contributed by atoms with E-state index < -0.39 is 16.1 Å². The van der Waals surface area contributed by atoms with Crippen molar-refractivity contribution in [3.05, 3.63) is 99.8 Å². The fraction of sp³-hybridized carbons (Fsp3) is 0.532. The van der Waals surface area contributed by atoms with Gasteiger partial charge in [0.15, 0.2) is 0 Å². The highest BCUT2D eigenvalue weighted by molar-refractivity contribution is 7.87. The molecule has 1 N–H and O–H groups in total. The van der Waals surface area contributed by atoms with Crippen LogP contribution in [-0.4, -0.2) is 110 Å². The van der Waals surface area contributed by atoms with Crippen molar-refractivity contribution in [2.75, 3.05) is 48.4 Å². The molecule has 12 heteroatoms.